The Labute approximate surface area is 107 Å². The van der Waals surface area contributed by atoms with Crippen LogP contribution in [0.5, 0.6) is 0 Å². The third kappa shape index (κ3) is 3.56. The Morgan fingerprint density at radius 1 is 1.39 bits per heavy atom. The lowest BCUT2D eigenvalue weighted by Crippen LogP contribution is -2.23. The molecule has 5 nitrogen and oxygen atoms in total. The Bertz CT molecular complexity index is 506. The Kier molecular flexibility index (Phi) is 3.94. The summed E-state index contributed by atoms with van der Waals surface area (Å²) in [5.41, 5.74) is 8.48. The Morgan fingerprint density at radius 3 is 2.89 bits per heavy atom. The first-order valence-corrected chi connectivity index (χ1v) is 6.02. The van der Waals surface area contributed by atoms with Crippen LogP contribution in [0.4, 0.5) is 5.69 Å². The maximum absolute atomic E-state index is 5.62. The van der Waals surface area contributed by atoms with E-state index in [1.54, 1.807) is 6.20 Å². The van der Waals surface area contributed by atoms with Crippen molar-refractivity contribution >= 4 is 5.69 Å². The van der Waals surface area contributed by atoms with Crippen LogP contribution in [0.15, 0.2) is 30.6 Å². The number of pyridine rings is 1. The molecule has 0 spiro atoms. The average molecular weight is 245 g/mol. The van der Waals surface area contributed by atoms with Gasteiger partial charge in [0.05, 0.1) is 24.1 Å². The van der Waals surface area contributed by atoms with E-state index in [4.69, 9.17) is 5.73 Å². The Balaban J connectivity index is 1.83. The molecule has 0 atom stereocenters. The molecule has 5 heteroatoms. The molecular weight excluding hydrogens is 226 g/mol. The third-order valence-electron chi connectivity index (χ3n) is 2.74. The van der Waals surface area contributed by atoms with E-state index in [2.05, 4.69) is 28.1 Å². The minimum atomic E-state index is 0.706. The summed E-state index contributed by atoms with van der Waals surface area (Å²) in [6.07, 6.45) is 3.51. The van der Waals surface area contributed by atoms with Gasteiger partial charge in [-0.1, -0.05) is 6.07 Å². The van der Waals surface area contributed by atoms with Gasteiger partial charge in [0.2, 0.25) is 0 Å². The normalized spacial score (nSPS) is 11.1. The summed E-state index contributed by atoms with van der Waals surface area (Å²) in [6.45, 7) is 4.60. The lowest BCUT2D eigenvalue weighted by Gasteiger charge is -2.16. The molecule has 2 rings (SSSR count). The molecule has 0 saturated carbocycles. The number of aromatic nitrogens is 3. The van der Waals surface area contributed by atoms with E-state index in [0.29, 0.717) is 5.69 Å². The molecule has 2 heterocycles. The number of nitrogens with two attached hydrogens (primary N) is 1. The molecule has 0 unspecified atom stereocenters. The minimum Gasteiger partial charge on any atom is -0.396 e. The van der Waals surface area contributed by atoms with Crippen LogP contribution < -0.4 is 5.73 Å². The van der Waals surface area contributed by atoms with E-state index in [-0.39, 0.29) is 0 Å². The first-order valence-electron chi connectivity index (χ1n) is 6.02. The molecular formula is C13H19N5. The molecule has 2 N–H and O–H groups in total. The molecule has 0 amide bonds. The molecule has 96 valence electrons. The van der Waals surface area contributed by atoms with Gasteiger partial charge in [0.1, 0.15) is 0 Å². The first kappa shape index (κ1) is 12.6. The highest BCUT2D eigenvalue weighted by atomic mass is 15.3. The van der Waals surface area contributed by atoms with Crippen molar-refractivity contribution in [3.05, 3.63) is 42.0 Å². The van der Waals surface area contributed by atoms with Gasteiger partial charge >= 0.3 is 0 Å². The molecule has 0 aliphatic rings. The second-order valence-corrected chi connectivity index (χ2v) is 4.54. The van der Waals surface area contributed by atoms with Crippen LogP contribution >= 0.6 is 0 Å². The van der Waals surface area contributed by atoms with E-state index >= 15 is 0 Å². The van der Waals surface area contributed by atoms with Crippen LogP contribution in [0.1, 0.15) is 11.4 Å². The van der Waals surface area contributed by atoms with Gasteiger partial charge in [-0.05, 0) is 26.1 Å². The van der Waals surface area contributed by atoms with Crippen molar-refractivity contribution in [2.45, 2.75) is 20.0 Å². The quantitative estimate of drug-likeness (QED) is 0.862. The predicted molar refractivity (Wildman–Crippen MR) is 71.9 cm³/mol. The van der Waals surface area contributed by atoms with Crippen molar-refractivity contribution in [1.82, 2.24) is 19.7 Å². The highest BCUT2D eigenvalue weighted by molar-refractivity contribution is 5.30. The number of nitrogens with zero attached hydrogens (tertiary/aromatic N) is 4. The third-order valence-corrected chi connectivity index (χ3v) is 2.74. The summed E-state index contributed by atoms with van der Waals surface area (Å²) in [6, 6.07) is 6.10. The SMILES string of the molecule is Cc1cccc(CN(C)CCn2cc(N)cn2)n1. The fraction of sp³-hybridized carbons (Fsp3) is 0.385. The van der Waals surface area contributed by atoms with E-state index in [1.807, 2.05) is 29.9 Å². The molecule has 2 aromatic rings. The lowest BCUT2D eigenvalue weighted by atomic mass is 10.3. The standard InChI is InChI=1S/C13H19N5/c1-11-4-3-5-13(16-11)10-17(2)6-7-18-9-12(14)8-15-18/h3-5,8-9H,6-7,10,14H2,1-2H3. The summed E-state index contributed by atoms with van der Waals surface area (Å²) in [4.78, 5) is 6.71. The monoisotopic (exact) mass is 245 g/mol. The number of aryl methyl sites for hydroxylation is 1. The van der Waals surface area contributed by atoms with E-state index in [1.165, 1.54) is 0 Å². The highest BCUT2D eigenvalue weighted by Crippen LogP contribution is 2.03. The summed E-state index contributed by atoms with van der Waals surface area (Å²) in [5.74, 6) is 0. The van der Waals surface area contributed by atoms with Gasteiger partial charge in [-0.15, -0.1) is 0 Å². The van der Waals surface area contributed by atoms with E-state index < -0.39 is 0 Å². The average Bonchev–Trinajstić information content (AvgIpc) is 2.73. The number of rotatable bonds is 5. The zero-order valence-corrected chi connectivity index (χ0v) is 10.9. The maximum Gasteiger partial charge on any atom is 0.0719 e. The number of nitrogen functional groups attached to an aromatic ring is 1. The smallest absolute Gasteiger partial charge is 0.0719 e. The van der Waals surface area contributed by atoms with Gasteiger partial charge in [-0.3, -0.25) is 14.6 Å². The van der Waals surface area contributed by atoms with Crippen LogP contribution in [0.3, 0.4) is 0 Å². The highest BCUT2D eigenvalue weighted by Gasteiger charge is 2.02. The van der Waals surface area contributed by atoms with Crippen LogP contribution in [0, 0.1) is 6.92 Å². The van der Waals surface area contributed by atoms with Gasteiger partial charge in [0.25, 0.3) is 0 Å². The Hall–Kier alpha value is -1.88. The molecule has 0 aromatic carbocycles. The van der Waals surface area contributed by atoms with Crippen LogP contribution in [-0.4, -0.2) is 33.3 Å². The fourth-order valence-electron chi connectivity index (χ4n) is 1.82. The van der Waals surface area contributed by atoms with Crippen molar-refractivity contribution in [3.63, 3.8) is 0 Å². The second-order valence-electron chi connectivity index (χ2n) is 4.54. The topological polar surface area (TPSA) is 60.0 Å². The number of hydrogen-bond acceptors (Lipinski definition) is 4. The van der Waals surface area contributed by atoms with Crippen molar-refractivity contribution in [2.75, 3.05) is 19.3 Å². The number of likely N-dealkylation sites (N-methyl/N-ethyl adjacent to an activating group) is 1. The minimum absolute atomic E-state index is 0.706. The van der Waals surface area contributed by atoms with E-state index in [9.17, 15) is 0 Å². The fourth-order valence-corrected chi connectivity index (χ4v) is 1.82. The van der Waals surface area contributed by atoms with Crippen LogP contribution in [-0.2, 0) is 13.1 Å². The lowest BCUT2D eigenvalue weighted by molar-refractivity contribution is 0.302. The summed E-state index contributed by atoms with van der Waals surface area (Å²) < 4.78 is 1.86. The zero-order valence-electron chi connectivity index (χ0n) is 10.9. The summed E-state index contributed by atoms with van der Waals surface area (Å²) in [5, 5.41) is 4.16. The molecule has 2 aromatic heterocycles. The first-order chi connectivity index (χ1) is 8.63. The number of hydrogen-bond donors (Lipinski definition) is 1. The molecule has 0 fully saturated rings. The molecule has 0 saturated heterocycles. The van der Waals surface area contributed by atoms with Gasteiger partial charge < -0.3 is 5.73 Å². The zero-order chi connectivity index (χ0) is 13.0. The van der Waals surface area contributed by atoms with Gasteiger partial charge in [0, 0.05) is 25.0 Å². The molecule has 0 aliphatic heterocycles. The number of anilines is 1. The molecule has 0 bridgehead atoms. The van der Waals surface area contributed by atoms with Crippen LogP contribution in [0.2, 0.25) is 0 Å². The summed E-state index contributed by atoms with van der Waals surface area (Å²) in [7, 11) is 2.08. The maximum atomic E-state index is 5.62. The Morgan fingerprint density at radius 2 is 2.22 bits per heavy atom. The largest absolute Gasteiger partial charge is 0.396 e. The van der Waals surface area contributed by atoms with Crippen molar-refractivity contribution in [1.29, 1.82) is 0 Å². The van der Waals surface area contributed by atoms with Gasteiger partial charge in [0.15, 0.2) is 0 Å². The predicted octanol–water partition coefficient (Wildman–Crippen LogP) is 1.30. The van der Waals surface area contributed by atoms with Crippen molar-refractivity contribution in [2.24, 2.45) is 0 Å². The van der Waals surface area contributed by atoms with Crippen molar-refractivity contribution in [3.8, 4) is 0 Å². The van der Waals surface area contributed by atoms with Crippen molar-refractivity contribution < 1.29 is 0 Å². The molecule has 0 aliphatic carbocycles. The van der Waals surface area contributed by atoms with Crippen LogP contribution in [0.25, 0.3) is 0 Å². The summed E-state index contributed by atoms with van der Waals surface area (Å²) >= 11 is 0. The van der Waals surface area contributed by atoms with Gasteiger partial charge in [-0.2, -0.15) is 5.10 Å². The van der Waals surface area contributed by atoms with E-state index in [0.717, 1.165) is 31.0 Å². The van der Waals surface area contributed by atoms with Gasteiger partial charge in [-0.25, -0.2) is 0 Å². The second kappa shape index (κ2) is 5.64. The molecule has 18 heavy (non-hydrogen) atoms. The molecule has 0 radical (unpaired) electrons.